The number of thioether (sulfide) groups is 1. The van der Waals surface area contributed by atoms with Gasteiger partial charge in [0.2, 0.25) is 0 Å². The minimum absolute atomic E-state index is 0.264. The molecule has 20 heavy (non-hydrogen) atoms. The van der Waals surface area contributed by atoms with E-state index in [0.29, 0.717) is 17.5 Å². The molecule has 0 aliphatic carbocycles. The quantitative estimate of drug-likeness (QED) is 0.379. The maximum Gasteiger partial charge on any atom is 0.338 e. The van der Waals surface area contributed by atoms with E-state index in [1.807, 2.05) is 18.2 Å². The van der Waals surface area contributed by atoms with Crippen molar-refractivity contribution in [3.8, 4) is 5.75 Å². The third-order valence-corrected chi connectivity index (χ3v) is 3.74. The van der Waals surface area contributed by atoms with E-state index in [9.17, 15) is 0 Å². The monoisotopic (exact) mass is 316 g/mol. The Bertz CT molecular complexity index is 448. The predicted octanol–water partition coefficient (Wildman–Crippen LogP) is 0.962. The number of nitrogens with one attached hydrogen (secondary N) is 1. The Kier molecular flexibility index (Phi) is 7.62. The van der Waals surface area contributed by atoms with Crippen LogP contribution in [0.2, 0.25) is 5.02 Å². The van der Waals surface area contributed by atoms with E-state index in [1.54, 1.807) is 11.8 Å². The molecule has 1 aromatic carbocycles. The molecule has 0 spiro atoms. The molecule has 6 heteroatoms. The van der Waals surface area contributed by atoms with Gasteiger partial charge >= 0.3 is 5.96 Å². The molecule has 0 aromatic heterocycles. The van der Waals surface area contributed by atoms with E-state index in [2.05, 4.69) is 18.8 Å². The van der Waals surface area contributed by atoms with Gasteiger partial charge in [0.25, 0.3) is 0 Å². The number of rotatable bonds is 8. The first-order chi connectivity index (χ1) is 9.49. The summed E-state index contributed by atoms with van der Waals surface area (Å²) in [7, 11) is 0. The zero-order valence-electron chi connectivity index (χ0n) is 12.0. The Morgan fingerprint density at radius 1 is 1.40 bits per heavy atom. The first kappa shape index (κ1) is 17.0. The van der Waals surface area contributed by atoms with E-state index in [4.69, 9.17) is 27.8 Å². The second kappa shape index (κ2) is 8.97. The van der Waals surface area contributed by atoms with Gasteiger partial charge in [-0.15, -0.1) is 0 Å². The molecule has 0 amide bonds. The van der Waals surface area contributed by atoms with E-state index >= 15 is 0 Å². The molecule has 0 atom stereocenters. The van der Waals surface area contributed by atoms with Crippen LogP contribution in [0, 0.1) is 5.92 Å². The topological polar surface area (TPSA) is 75.2 Å². The number of ether oxygens (including phenoxy) is 1. The lowest BCUT2D eigenvalue weighted by molar-refractivity contribution is -0.453. The van der Waals surface area contributed by atoms with Crippen molar-refractivity contribution in [3.63, 3.8) is 0 Å². The fourth-order valence-corrected chi connectivity index (χ4v) is 2.53. The molecule has 0 radical (unpaired) electrons. The average Bonchev–Trinajstić information content (AvgIpc) is 2.36. The summed E-state index contributed by atoms with van der Waals surface area (Å²) >= 11 is 8.01. The Labute approximate surface area is 129 Å². The highest BCUT2D eigenvalue weighted by atomic mass is 35.5. The van der Waals surface area contributed by atoms with Gasteiger partial charge in [-0.3, -0.25) is 16.5 Å². The molecule has 1 rings (SSSR count). The van der Waals surface area contributed by atoms with E-state index < -0.39 is 0 Å². The first-order valence-corrected chi connectivity index (χ1v) is 8.13. The third kappa shape index (κ3) is 6.91. The maximum atomic E-state index is 6.21. The number of hydrogen-bond donors (Lipinski definition) is 3. The molecule has 0 saturated heterocycles. The van der Waals surface area contributed by atoms with Crippen molar-refractivity contribution in [1.29, 1.82) is 0 Å². The molecule has 1 aromatic rings. The van der Waals surface area contributed by atoms with Crippen LogP contribution in [-0.2, 0) is 5.75 Å². The van der Waals surface area contributed by atoms with E-state index in [0.717, 1.165) is 23.8 Å². The lowest BCUT2D eigenvalue weighted by Gasteiger charge is -2.11. The molecule has 0 fully saturated rings. The van der Waals surface area contributed by atoms with Crippen LogP contribution in [0.3, 0.4) is 0 Å². The molecule has 0 unspecified atom stereocenters. The molecule has 0 aliphatic heterocycles. The van der Waals surface area contributed by atoms with Gasteiger partial charge in [-0.2, -0.15) is 11.8 Å². The summed E-state index contributed by atoms with van der Waals surface area (Å²) in [4.78, 5) is 2.88. The van der Waals surface area contributed by atoms with Crippen LogP contribution >= 0.6 is 23.4 Å². The number of halogens is 1. The van der Waals surface area contributed by atoms with E-state index in [1.165, 1.54) is 5.56 Å². The van der Waals surface area contributed by atoms with E-state index in [-0.39, 0.29) is 5.96 Å². The third-order valence-electron chi connectivity index (χ3n) is 2.41. The highest BCUT2D eigenvalue weighted by Crippen LogP contribution is 2.27. The fraction of sp³-hybridized carbons (Fsp3) is 0.500. The largest absolute Gasteiger partial charge is 0.492 e. The highest BCUT2D eigenvalue weighted by molar-refractivity contribution is 7.98. The summed E-state index contributed by atoms with van der Waals surface area (Å²) in [5, 5.41) is 0.668. The Balaban J connectivity index is 2.41. The summed E-state index contributed by atoms with van der Waals surface area (Å²) in [6.07, 6.45) is 0. The van der Waals surface area contributed by atoms with Gasteiger partial charge in [0.1, 0.15) is 5.75 Å². The Hall–Kier alpha value is -1.07. The molecule has 0 bridgehead atoms. The van der Waals surface area contributed by atoms with Crippen LogP contribution in [0.4, 0.5) is 0 Å². The van der Waals surface area contributed by atoms with Crippen LogP contribution in [-0.4, -0.2) is 24.9 Å². The number of nitrogens with two attached hydrogens (primary N) is 2. The van der Waals surface area contributed by atoms with Crippen molar-refractivity contribution in [3.05, 3.63) is 28.8 Å². The second-order valence-corrected chi connectivity index (χ2v) is 6.42. The van der Waals surface area contributed by atoms with Crippen molar-refractivity contribution in [2.75, 3.05) is 18.9 Å². The SMILES string of the molecule is CC(C)COc1ccc(CSCC[NH+]=C(N)N)cc1Cl. The first-order valence-electron chi connectivity index (χ1n) is 6.59. The van der Waals surface area contributed by atoms with Gasteiger partial charge in [0.15, 0.2) is 0 Å². The minimum Gasteiger partial charge on any atom is -0.492 e. The Morgan fingerprint density at radius 2 is 2.15 bits per heavy atom. The summed E-state index contributed by atoms with van der Waals surface area (Å²) in [5.41, 5.74) is 11.8. The van der Waals surface area contributed by atoms with Gasteiger partial charge in [-0.1, -0.05) is 31.5 Å². The molecule has 0 saturated carbocycles. The van der Waals surface area contributed by atoms with Crippen LogP contribution < -0.4 is 21.2 Å². The standard InChI is InChI=1S/C14H22ClN3OS/c1-10(2)8-19-13-4-3-11(7-12(13)15)9-20-6-5-18-14(16)17/h3-4,7,10H,5-6,8-9H2,1-2H3,(H4,16,17,18)/p+1. The summed E-state index contributed by atoms with van der Waals surface area (Å²) < 4.78 is 5.64. The van der Waals surface area contributed by atoms with Crippen LogP contribution in [0.15, 0.2) is 18.2 Å². The number of guanidine groups is 1. The molecule has 0 aliphatic rings. The normalized spacial score (nSPS) is 10.6. The molecule has 4 nitrogen and oxygen atoms in total. The predicted molar refractivity (Wildman–Crippen MR) is 87.2 cm³/mol. The van der Waals surface area contributed by atoms with Crippen molar-refractivity contribution >= 4 is 29.3 Å². The van der Waals surface area contributed by atoms with Gasteiger partial charge in [0, 0.05) is 11.5 Å². The zero-order chi connectivity index (χ0) is 15.0. The van der Waals surface area contributed by atoms with Crippen LogP contribution in [0.25, 0.3) is 0 Å². The lowest BCUT2D eigenvalue weighted by atomic mass is 10.2. The summed E-state index contributed by atoms with van der Waals surface area (Å²) in [5.74, 6) is 3.33. The fourth-order valence-electron chi connectivity index (χ4n) is 1.47. The molecular formula is C14H23ClN3OS+. The van der Waals surface area contributed by atoms with Crippen LogP contribution in [0.1, 0.15) is 19.4 Å². The van der Waals surface area contributed by atoms with Gasteiger partial charge < -0.3 is 4.74 Å². The summed E-state index contributed by atoms with van der Waals surface area (Å²) in [6.45, 7) is 5.66. The number of hydrogen-bond acceptors (Lipinski definition) is 2. The second-order valence-electron chi connectivity index (χ2n) is 4.90. The smallest absolute Gasteiger partial charge is 0.338 e. The lowest BCUT2D eigenvalue weighted by Crippen LogP contribution is -2.78. The van der Waals surface area contributed by atoms with Crippen molar-refractivity contribution in [1.82, 2.24) is 0 Å². The van der Waals surface area contributed by atoms with Gasteiger partial charge in [-0.25, -0.2) is 0 Å². The van der Waals surface area contributed by atoms with Gasteiger partial charge in [-0.05, 0) is 23.6 Å². The summed E-state index contributed by atoms with van der Waals surface area (Å²) in [6, 6.07) is 5.94. The maximum absolute atomic E-state index is 6.21. The minimum atomic E-state index is 0.264. The molecule has 112 valence electrons. The highest BCUT2D eigenvalue weighted by Gasteiger charge is 2.04. The average molecular weight is 317 g/mol. The number of benzene rings is 1. The van der Waals surface area contributed by atoms with Crippen molar-refractivity contribution in [2.24, 2.45) is 17.4 Å². The van der Waals surface area contributed by atoms with Crippen LogP contribution in [0.5, 0.6) is 5.75 Å². The van der Waals surface area contributed by atoms with Gasteiger partial charge in [0.05, 0.1) is 18.2 Å². The van der Waals surface area contributed by atoms with Crippen molar-refractivity contribution < 1.29 is 9.73 Å². The Morgan fingerprint density at radius 3 is 2.75 bits per heavy atom. The van der Waals surface area contributed by atoms with Crippen molar-refractivity contribution in [2.45, 2.75) is 19.6 Å². The molecule has 5 N–H and O–H groups in total. The molecular weight excluding hydrogens is 294 g/mol. The molecule has 0 heterocycles. The zero-order valence-corrected chi connectivity index (χ0v) is 13.6.